The summed E-state index contributed by atoms with van der Waals surface area (Å²) in [5.74, 6) is -3.54. The highest BCUT2D eigenvalue weighted by atomic mass is 16.4. The van der Waals surface area contributed by atoms with Crippen LogP contribution in [0.4, 0.5) is 0 Å². The predicted molar refractivity (Wildman–Crippen MR) is 41.1 cm³/mol. The minimum Gasteiger partial charge on any atom is -0.480 e. The molecule has 0 aromatic rings. The number of hydrogen-bond donors (Lipinski definition) is 4. The van der Waals surface area contributed by atoms with Crippen molar-refractivity contribution in [2.75, 3.05) is 6.61 Å². The van der Waals surface area contributed by atoms with Gasteiger partial charge in [0.25, 0.3) is 0 Å². The zero-order valence-corrected chi connectivity index (χ0v) is 7.31. The van der Waals surface area contributed by atoms with Gasteiger partial charge in [-0.05, 0) is 13.8 Å². The van der Waals surface area contributed by atoms with E-state index in [0.29, 0.717) is 0 Å². The Hall–Kier alpha value is -1.14. The predicted octanol–water partition coefficient (Wildman–Crippen LogP) is -1.09. The van der Waals surface area contributed by atoms with Crippen LogP contribution in [0.15, 0.2) is 0 Å². The van der Waals surface area contributed by atoms with E-state index >= 15 is 0 Å². The normalized spacial score (nSPS) is 12.6. The van der Waals surface area contributed by atoms with Crippen LogP contribution in [0.1, 0.15) is 13.8 Å². The molecule has 0 unspecified atom stereocenters. The lowest BCUT2D eigenvalue weighted by molar-refractivity contribution is -0.187. The minimum absolute atomic E-state index is 1.02. The number of aliphatic hydroxyl groups excluding tert-OH is 1. The molecule has 0 aliphatic carbocycles. The Labute approximate surface area is 74.4 Å². The Morgan fingerprint density at radius 1 is 1.15 bits per heavy atom. The standard InChI is InChI=1S/C7H12O6/c1-6(2,13)7(3-8,4(9)10)5(11)12/h8,13H,3H2,1-2H3,(H,9,10)(H,11,12). The number of rotatable bonds is 4. The van der Waals surface area contributed by atoms with Crippen LogP contribution < -0.4 is 0 Å². The van der Waals surface area contributed by atoms with Crippen LogP contribution in [0, 0.1) is 5.41 Å². The van der Waals surface area contributed by atoms with Gasteiger partial charge in [-0.15, -0.1) is 0 Å². The van der Waals surface area contributed by atoms with Crippen LogP contribution in [-0.2, 0) is 9.59 Å². The second-order valence-corrected chi connectivity index (χ2v) is 3.23. The molecule has 0 heterocycles. The van der Waals surface area contributed by atoms with Gasteiger partial charge in [0.15, 0.2) is 0 Å². The molecule has 6 nitrogen and oxygen atoms in total. The lowest BCUT2D eigenvalue weighted by Crippen LogP contribution is -2.57. The molecule has 0 rings (SSSR count). The molecule has 0 aromatic heterocycles. The molecule has 76 valence electrons. The highest BCUT2D eigenvalue weighted by molar-refractivity contribution is 5.99. The average molecular weight is 192 g/mol. The third-order valence-electron chi connectivity index (χ3n) is 2.01. The monoisotopic (exact) mass is 192 g/mol. The second-order valence-electron chi connectivity index (χ2n) is 3.23. The smallest absolute Gasteiger partial charge is 0.326 e. The number of aliphatic hydroxyl groups is 2. The Bertz CT molecular complexity index is 212. The van der Waals surface area contributed by atoms with E-state index < -0.39 is 29.6 Å². The first kappa shape index (κ1) is 11.9. The number of carboxylic acids is 2. The maximum atomic E-state index is 10.6. The van der Waals surface area contributed by atoms with Gasteiger partial charge in [-0.1, -0.05) is 0 Å². The minimum atomic E-state index is -2.58. The van der Waals surface area contributed by atoms with Crippen LogP contribution in [0.3, 0.4) is 0 Å². The summed E-state index contributed by atoms with van der Waals surface area (Å²) in [7, 11) is 0. The van der Waals surface area contributed by atoms with Gasteiger partial charge in [0.05, 0.1) is 12.2 Å². The summed E-state index contributed by atoms with van der Waals surface area (Å²) < 4.78 is 0. The molecule has 0 fully saturated rings. The van der Waals surface area contributed by atoms with Crippen LogP contribution >= 0.6 is 0 Å². The Kier molecular flexibility index (Phi) is 3.02. The molecule has 0 aliphatic heterocycles. The highest BCUT2D eigenvalue weighted by Crippen LogP contribution is 2.31. The summed E-state index contributed by atoms with van der Waals surface area (Å²) in [6, 6.07) is 0. The molecule has 13 heavy (non-hydrogen) atoms. The number of aliphatic carboxylic acids is 2. The van der Waals surface area contributed by atoms with Gasteiger partial charge in [-0.3, -0.25) is 9.59 Å². The van der Waals surface area contributed by atoms with Gasteiger partial charge in [0.1, 0.15) is 0 Å². The van der Waals surface area contributed by atoms with Crippen molar-refractivity contribution >= 4 is 11.9 Å². The van der Waals surface area contributed by atoms with Crippen molar-refractivity contribution in [1.29, 1.82) is 0 Å². The van der Waals surface area contributed by atoms with Crippen LogP contribution in [0.5, 0.6) is 0 Å². The first-order valence-electron chi connectivity index (χ1n) is 3.50. The van der Waals surface area contributed by atoms with E-state index in [9.17, 15) is 14.7 Å². The highest BCUT2D eigenvalue weighted by Gasteiger charge is 2.57. The number of carbonyl (C=O) groups is 2. The summed E-state index contributed by atoms with van der Waals surface area (Å²) >= 11 is 0. The van der Waals surface area contributed by atoms with Gasteiger partial charge in [0, 0.05) is 0 Å². The third-order valence-corrected chi connectivity index (χ3v) is 2.01. The Balaban J connectivity index is 5.38. The van der Waals surface area contributed by atoms with Crippen LogP contribution in [0.2, 0.25) is 0 Å². The molecule has 0 bridgehead atoms. The molecule has 0 spiro atoms. The number of carboxylic acid groups (broad SMARTS) is 2. The van der Waals surface area contributed by atoms with E-state index in [2.05, 4.69) is 0 Å². The Morgan fingerprint density at radius 2 is 1.46 bits per heavy atom. The van der Waals surface area contributed by atoms with Gasteiger partial charge in [-0.25, -0.2) is 0 Å². The van der Waals surface area contributed by atoms with E-state index in [-0.39, 0.29) is 0 Å². The van der Waals surface area contributed by atoms with Crippen molar-refractivity contribution in [2.24, 2.45) is 5.41 Å². The van der Waals surface area contributed by atoms with Gasteiger partial charge < -0.3 is 20.4 Å². The molecule has 6 heteroatoms. The van der Waals surface area contributed by atoms with Crippen molar-refractivity contribution in [1.82, 2.24) is 0 Å². The first-order valence-corrected chi connectivity index (χ1v) is 3.50. The fourth-order valence-corrected chi connectivity index (χ4v) is 0.944. The lowest BCUT2D eigenvalue weighted by atomic mass is 9.74. The van der Waals surface area contributed by atoms with Crippen molar-refractivity contribution in [3.05, 3.63) is 0 Å². The summed E-state index contributed by atoms with van der Waals surface area (Å²) in [6.45, 7) is 0.873. The molecule has 0 aromatic carbocycles. The molecular formula is C7H12O6. The topological polar surface area (TPSA) is 115 Å². The Morgan fingerprint density at radius 3 is 1.46 bits per heavy atom. The zero-order chi connectivity index (χ0) is 10.9. The van der Waals surface area contributed by atoms with E-state index in [1.54, 1.807) is 0 Å². The fraction of sp³-hybridized carbons (Fsp3) is 0.714. The third kappa shape index (κ3) is 1.63. The van der Waals surface area contributed by atoms with Gasteiger partial charge in [0.2, 0.25) is 5.41 Å². The van der Waals surface area contributed by atoms with E-state index in [0.717, 1.165) is 13.8 Å². The zero-order valence-electron chi connectivity index (χ0n) is 7.31. The molecule has 0 amide bonds. The summed E-state index contributed by atoms with van der Waals surface area (Å²) in [4.78, 5) is 21.3. The van der Waals surface area contributed by atoms with E-state index in [1.165, 1.54) is 0 Å². The lowest BCUT2D eigenvalue weighted by Gasteiger charge is -2.33. The van der Waals surface area contributed by atoms with Crippen LogP contribution in [-0.4, -0.2) is 44.6 Å². The van der Waals surface area contributed by atoms with Crippen molar-refractivity contribution in [3.8, 4) is 0 Å². The van der Waals surface area contributed by atoms with Gasteiger partial charge in [-0.2, -0.15) is 0 Å². The van der Waals surface area contributed by atoms with Crippen molar-refractivity contribution < 1.29 is 30.0 Å². The molecule has 0 saturated heterocycles. The molecule has 0 atom stereocenters. The first-order chi connectivity index (χ1) is 5.70. The molecule has 4 N–H and O–H groups in total. The van der Waals surface area contributed by atoms with E-state index in [4.69, 9.17) is 15.3 Å². The summed E-state index contributed by atoms with van der Waals surface area (Å²) in [5.41, 5.74) is -4.62. The van der Waals surface area contributed by atoms with Gasteiger partial charge >= 0.3 is 11.9 Å². The van der Waals surface area contributed by atoms with Crippen molar-refractivity contribution in [3.63, 3.8) is 0 Å². The van der Waals surface area contributed by atoms with E-state index in [1.807, 2.05) is 0 Å². The molecule has 0 radical (unpaired) electrons. The maximum Gasteiger partial charge on any atom is 0.326 e. The second kappa shape index (κ2) is 3.31. The molecular weight excluding hydrogens is 180 g/mol. The fourth-order valence-electron chi connectivity index (χ4n) is 0.944. The molecule has 0 saturated carbocycles. The summed E-state index contributed by atoms with van der Waals surface area (Å²) in [6.07, 6.45) is 0. The van der Waals surface area contributed by atoms with Crippen LogP contribution in [0.25, 0.3) is 0 Å². The van der Waals surface area contributed by atoms with Crippen molar-refractivity contribution in [2.45, 2.75) is 19.4 Å². The summed E-state index contributed by atoms with van der Waals surface area (Å²) in [5, 5.41) is 35.3. The quantitative estimate of drug-likeness (QED) is 0.420. The maximum absolute atomic E-state index is 10.6. The SMILES string of the molecule is CC(C)(O)C(CO)(C(=O)O)C(=O)O. The largest absolute Gasteiger partial charge is 0.480 e. The average Bonchev–Trinajstić information content (AvgIpc) is 1.83. The number of hydrogen-bond acceptors (Lipinski definition) is 4. The molecule has 0 aliphatic rings.